The van der Waals surface area contributed by atoms with Gasteiger partial charge in [0.1, 0.15) is 5.82 Å². The summed E-state index contributed by atoms with van der Waals surface area (Å²) in [7, 11) is 1.53. The highest BCUT2D eigenvalue weighted by atomic mass is 79.9. The van der Waals surface area contributed by atoms with Crippen molar-refractivity contribution in [2.45, 2.75) is 13.3 Å². The summed E-state index contributed by atoms with van der Waals surface area (Å²) in [5, 5.41) is 2.48. The molecule has 0 aromatic heterocycles. The van der Waals surface area contributed by atoms with Crippen molar-refractivity contribution in [2.24, 2.45) is 0 Å². The van der Waals surface area contributed by atoms with Crippen molar-refractivity contribution in [3.8, 4) is 0 Å². The van der Waals surface area contributed by atoms with Crippen LogP contribution in [0.25, 0.3) is 0 Å². The second-order valence-electron chi connectivity index (χ2n) is 4.01. The highest BCUT2D eigenvalue weighted by molar-refractivity contribution is 9.10. The molecule has 104 valence electrons. The number of carbonyl (C=O) groups is 2. The molecular weight excluding hydrogens is 315 g/mol. The quantitative estimate of drug-likeness (QED) is 0.893. The minimum atomic E-state index is -0.367. The molecule has 1 rings (SSSR count). The maximum absolute atomic E-state index is 13.1. The first-order valence-corrected chi connectivity index (χ1v) is 6.69. The van der Waals surface area contributed by atoms with Crippen molar-refractivity contribution in [3.63, 3.8) is 0 Å². The third-order valence-electron chi connectivity index (χ3n) is 2.69. The molecule has 0 spiro atoms. The molecule has 4 nitrogen and oxygen atoms in total. The normalized spacial score (nSPS) is 10.1. The number of carbonyl (C=O) groups excluding carboxylic acids is 2. The number of hydrogen-bond donors (Lipinski definition) is 1. The van der Waals surface area contributed by atoms with E-state index in [1.54, 1.807) is 19.1 Å². The molecule has 0 aliphatic heterocycles. The van der Waals surface area contributed by atoms with Crippen LogP contribution in [0, 0.1) is 5.82 Å². The predicted molar refractivity (Wildman–Crippen MR) is 74.1 cm³/mol. The van der Waals surface area contributed by atoms with Crippen LogP contribution in [-0.4, -0.2) is 36.9 Å². The monoisotopic (exact) mass is 330 g/mol. The van der Waals surface area contributed by atoms with E-state index in [0.29, 0.717) is 16.6 Å². The van der Waals surface area contributed by atoms with E-state index in [0.717, 1.165) is 0 Å². The minimum absolute atomic E-state index is 0.0359. The Morgan fingerprint density at radius 2 is 2.11 bits per heavy atom. The van der Waals surface area contributed by atoms with Gasteiger partial charge in [0.25, 0.3) is 0 Å². The number of benzene rings is 1. The molecule has 0 atom stereocenters. The van der Waals surface area contributed by atoms with Gasteiger partial charge in [0.2, 0.25) is 11.8 Å². The molecule has 0 saturated heterocycles. The number of nitrogens with one attached hydrogen (secondary N) is 1. The highest BCUT2D eigenvalue weighted by Gasteiger charge is 2.15. The Kier molecular flexibility index (Phi) is 5.95. The van der Waals surface area contributed by atoms with Crippen molar-refractivity contribution in [2.75, 3.05) is 20.1 Å². The molecule has 2 amide bonds. The van der Waals surface area contributed by atoms with Crippen LogP contribution in [0.2, 0.25) is 0 Å². The highest BCUT2D eigenvalue weighted by Crippen LogP contribution is 2.17. The molecule has 0 aliphatic carbocycles. The maximum Gasteiger partial charge on any atom is 0.239 e. The van der Waals surface area contributed by atoms with E-state index < -0.39 is 0 Å². The Morgan fingerprint density at radius 3 is 2.63 bits per heavy atom. The minimum Gasteiger partial charge on any atom is -0.358 e. The zero-order valence-corrected chi connectivity index (χ0v) is 12.5. The standard InChI is InChI=1S/C13H16BrFN2O2/c1-3-17(8-12(18)16-2)13(19)7-9-4-5-11(15)10(14)6-9/h4-6H,3,7-8H2,1-2H3,(H,16,18). The number of amides is 2. The lowest BCUT2D eigenvalue weighted by atomic mass is 10.1. The van der Waals surface area contributed by atoms with Gasteiger partial charge in [-0.15, -0.1) is 0 Å². The molecular formula is C13H16BrFN2O2. The largest absolute Gasteiger partial charge is 0.358 e. The van der Waals surface area contributed by atoms with Crippen LogP contribution in [0.4, 0.5) is 4.39 Å². The van der Waals surface area contributed by atoms with Gasteiger partial charge in [-0.2, -0.15) is 0 Å². The van der Waals surface area contributed by atoms with E-state index in [1.807, 2.05) is 0 Å². The number of hydrogen-bond acceptors (Lipinski definition) is 2. The predicted octanol–water partition coefficient (Wildman–Crippen LogP) is 1.73. The van der Waals surface area contributed by atoms with Crippen molar-refractivity contribution in [3.05, 3.63) is 34.1 Å². The van der Waals surface area contributed by atoms with Crippen LogP contribution in [0.1, 0.15) is 12.5 Å². The molecule has 6 heteroatoms. The molecule has 0 radical (unpaired) electrons. The van der Waals surface area contributed by atoms with Crippen LogP contribution in [0.5, 0.6) is 0 Å². The molecule has 0 bridgehead atoms. The van der Waals surface area contributed by atoms with Crippen molar-refractivity contribution in [1.29, 1.82) is 0 Å². The van der Waals surface area contributed by atoms with E-state index in [9.17, 15) is 14.0 Å². The van der Waals surface area contributed by atoms with E-state index in [-0.39, 0.29) is 30.6 Å². The van der Waals surface area contributed by atoms with Crippen LogP contribution in [-0.2, 0) is 16.0 Å². The zero-order chi connectivity index (χ0) is 14.4. The molecule has 0 unspecified atom stereocenters. The fourth-order valence-corrected chi connectivity index (χ4v) is 1.99. The lowest BCUT2D eigenvalue weighted by Gasteiger charge is -2.20. The van der Waals surface area contributed by atoms with Gasteiger partial charge >= 0.3 is 0 Å². The van der Waals surface area contributed by atoms with Crippen LogP contribution in [0.15, 0.2) is 22.7 Å². The average Bonchev–Trinajstić information content (AvgIpc) is 2.39. The van der Waals surface area contributed by atoms with Gasteiger partial charge in [-0.05, 0) is 40.5 Å². The average molecular weight is 331 g/mol. The number of nitrogens with zero attached hydrogens (tertiary/aromatic N) is 1. The van der Waals surface area contributed by atoms with E-state index in [2.05, 4.69) is 21.2 Å². The zero-order valence-electron chi connectivity index (χ0n) is 10.9. The number of halogens is 2. The van der Waals surface area contributed by atoms with Gasteiger partial charge in [0.15, 0.2) is 0 Å². The lowest BCUT2D eigenvalue weighted by molar-refractivity contribution is -0.135. The molecule has 1 N–H and O–H groups in total. The number of likely N-dealkylation sites (N-methyl/N-ethyl adjacent to an activating group) is 2. The smallest absolute Gasteiger partial charge is 0.239 e. The first kappa shape index (κ1) is 15.6. The van der Waals surface area contributed by atoms with Crippen molar-refractivity contribution >= 4 is 27.7 Å². The van der Waals surface area contributed by atoms with E-state index in [4.69, 9.17) is 0 Å². The Morgan fingerprint density at radius 1 is 1.42 bits per heavy atom. The number of rotatable bonds is 5. The summed E-state index contributed by atoms with van der Waals surface area (Å²) < 4.78 is 13.4. The second kappa shape index (κ2) is 7.23. The molecule has 0 saturated carbocycles. The van der Waals surface area contributed by atoms with Crippen molar-refractivity contribution in [1.82, 2.24) is 10.2 Å². The van der Waals surface area contributed by atoms with E-state index >= 15 is 0 Å². The Balaban J connectivity index is 2.71. The van der Waals surface area contributed by atoms with Crippen LogP contribution < -0.4 is 5.32 Å². The Labute approximate surface area is 120 Å². The van der Waals surface area contributed by atoms with Crippen LogP contribution >= 0.6 is 15.9 Å². The fraction of sp³-hybridized carbons (Fsp3) is 0.385. The fourth-order valence-electron chi connectivity index (χ4n) is 1.56. The van der Waals surface area contributed by atoms with Gasteiger partial charge in [0.05, 0.1) is 17.4 Å². The lowest BCUT2D eigenvalue weighted by Crippen LogP contribution is -2.40. The van der Waals surface area contributed by atoms with Gasteiger partial charge in [-0.3, -0.25) is 9.59 Å². The van der Waals surface area contributed by atoms with Crippen LogP contribution in [0.3, 0.4) is 0 Å². The molecule has 0 heterocycles. The Bertz CT molecular complexity index is 480. The maximum atomic E-state index is 13.1. The molecule has 0 aliphatic rings. The third-order valence-corrected chi connectivity index (χ3v) is 3.29. The topological polar surface area (TPSA) is 49.4 Å². The van der Waals surface area contributed by atoms with Gasteiger partial charge < -0.3 is 10.2 Å². The summed E-state index contributed by atoms with van der Waals surface area (Å²) >= 11 is 3.08. The summed E-state index contributed by atoms with van der Waals surface area (Å²) in [5.41, 5.74) is 0.702. The summed E-state index contributed by atoms with van der Waals surface area (Å²) in [6.07, 6.45) is 0.143. The van der Waals surface area contributed by atoms with E-state index in [1.165, 1.54) is 18.0 Å². The summed E-state index contributed by atoms with van der Waals surface area (Å²) in [6, 6.07) is 4.44. The molecule has 1 aromatic rings. The third kappa shape index (κ3) is 4.63. The van der Waals surface area contributed by atoms with Gasteiger partial charge in [-0.1, -0.05) is 6.07 Å². The second-order valence-corrected chi connectivity index (χ2v) is 4.86. The first-order valence-electron chi connectivity index (χ1n) is 5.90. The molecule has 1 aromatic carbocycles. The van der Waals surface area contributed by atoms with Gasteiger partial charge in [-0.25, -0.2) is 4.39 Å². The molecule has 19 heavy (non-hydrogen) atoms. The first-order chi connectivity index (χ1) is 8.97. The molecule has 0 fully saturated rings. The Hall–Kier alpha value is -1.43. The van der Waals surface area contributed by atoms with Crippen molar-refractivity contribution < 1.29 is 14.0 Å². The summed E-state index contributed by atoms with van der Waals surface area (Å²) in [6.45, 7) is 2.30. The summed E-state index contributed by atoms with van der Waals surface area (Å²) in [5.74, 6) is -0.742. The van der Waals surface area contributed by atoms with Gasteiger partial charge in [0, 0.05) is 13.6 Å². The summed E-state index contributed by atoms with van der Waals surface area (Å²) in [4.78, 5) is 24.8. The SMILES string of the molecule is CCN(CC(=O)NC)C(=O)Cc1ccc(F)c(Br)c1.